The van der Waals surface area contributed by atoms with Crippen LogP contribution in [0.3, 0.4) is 0 Å². The van der Waals surface area contributed by atoms with Gasteiger partial charge >= 0.3 is 29.6 Å². The van der Waals surface area contributed by atoms with Gasteiger partial charge in [-0.2, -0.15) is 0 Å². The van der Waals surface area contributed by atoms with Crippen molar-refractivity contribution in [2.75, 3.05) is 0 Å². The Kier molecular flexibility index (Phi) is 5.47. The van der Waals surface area contributed by atoms with Gasteiger partial charge in [0.1, 0.15) is 11.4 Å². The van der Waals surface area contributed by atoms with Crippen molar-refractivity contribution < 1.29 is 54.0 Å². The van der Waals surface area contributed by atoms with Gasteiger partial charge in [0.2, 0.25) is 5.91 Å². The first kappa shape index (κ1) is 20.2. The van der Waals surface area contributed by atoms with Gasteiger partial charge in [-0.25, -0.2) is 0 Å². The van der Waals surface area contributed by atoms with Gasteiger partial charge in [-0.3, -0.25) is 19.7 Å². The molecule has 0 radical (unpaired) electrons. The van der Waals surface area contributed by atoms with Gasteiger partial charge in [0, 0.05) is 23.5 Å². The first-order valence-corrected chi connectivity index (χ1v) is 7.45. The van der Waals surface area contributed by atoms with E-state index < -0.39 is 50.5 Å². The second-order valence-corrected chi connectivity index (χ2v) is 8.12. The summed E-state index contributed by atoms with van der Waals surface area (Å²) in [7, 11) is 0. The molecule has 122 valence electrons. The maximum atomic E-state index is 12.1. The number of nitrogens with zero attached hydrogens (tertiary/aromatic N) is 2. The zero-order valence-electron chi connectivity index (χ0n) is 13.5. The number of carbonyl (C=O) groups excluding carboxylic acids is 3. The van der Waals surface area contributed by atoms with Crippen molar-refractivity contribution in [2.24, 2.45) is 0 Å². The fourth-order valence-corrected chi connectivity index (χ4v) is 4.15. The monoisotopic (exact) mass is 353 g/mol. The van der Waals surface area contributed by atoms with E-state index in [1.54, 1.807) is 13.8 Å². The second-order valence-electron chi connectivity index (χ2n) is 6.35. The average Bonchev–Trinajstić information content (AvgIpc) is 2.63. The van der Waals surface area contributed by atoms with Crippen LogP contribution in [0.5, 0.6) is 0 Å². The third-order valence-corrected chi connectivity index (χ3v) is 5.53. The van der Waals surface area contributed by atoms with Crippen LogP contribution in [0, 0.1) is 10.1 Å². The van der Waals surface area contributed by atoms with Gasteiger partial charge in [0.05, 0.1) is 12.0 Å². The Morgan fingerprint density at radius 1 is 1.39 bits per heavy atom. The zero-order chi connectivity index (χ0) is 17.0. The summed E-state index contributed by atoms with van der Waals surface area (Å²) in [5, 5.41) is 23.9. The summed E-state index contributed by atoms with van der Waals surface area (Å²) in [5.74, 6) is -2.81. The molecule has 1 N–H and O–H groups in total. The predicted octanol–water partition coefficient (Wildman–Crippen LogP) is -4.66. The van der Waals surface area contributed by atoms with Crippen molar-refractivity contribution in [3.8, 4) is 0 Å². The SMILES string of the molecule is CC1(C)S[C@@H]2[C@H](NC(=O)C(C)(C)[N+](=O)[O-])C(=O)N2[C@H]1C(=O)[O-].[Na+]. The molecular formula is C12H16N3NaO6S. The van der Waals surface area contributed by atoms with Crippen LogP contribution in [0.1, 0.15) is 27.7 Å². The number of carbonyl (C=O) groups is 3. The molecule has 0 aromatic carbocycles. The topological polar surface area (TPSA) is 133 Å². The Morgan fingerprint density at radius 3 is 2.35 bits per heavy atom. The van der Waals surface area contributed by atoms with E-state index in [1.807, 2.05) is 0 Å². The molecule has 0 bridgehead atoms. The summed E-state index contributed by atoms with van der Waals surface area (Å²) in [6, 6.07) is -2.05. The third kappa shape index (κ3) is 3.09. The Hall–Kier alpha value is -0.840. The molecule has 23 heavy (non-hydrogen) atoms. The minimum absolute atomic E-state index is 0. The number of rotatable bonds is 4. The summed E-state index contributed by atoms with van der Waals surface area (Å²) < 4.78 is -0.767. The van der Waals surface area contributed by atoms with Crippen molar-refractivity contribution in [1.29, 1.82) is 0 Å². The van der Waals surface area contributed by atoms with Crippen LogP contribution in [-0.2, 0) is 14.4 Å². The van der Waals surface area contributed by atoms with Gasteiger partial charge in [-0.15, -0.1) is 11.8 Å². The molecule has 2 saturated heterocycles. The largest absolute Gasteiger partial charge is 1.00 e. The van der Waals surface area contributed by atoms with Gasteiger partial charge in [0.15, 0.2) is 0 Å². The second kappa shape index (κ2) is 6.23. The number of aliphatic carboxylic acids is 1. The summed E-state index contributed by atoms with van der Waals surface area (Å²) >= 11 is 1.23. The fourth-order valence-electron chi connectivity index (χ4n) is 2.53. The molecule has 0 aliphatic carbocycles. The number of nitro groups is 1. The number of hydrogen-bond acceptors (Lipinski definition) is 7. The first-order chi connectivity index (χ1) is 9.91. The maximum absolute atomic E-state index is 12.1. The molecule has 0 unspecified atom stereocenters. The number of hydrogen-bond donors (Lipinski definition) is 1. The molecule has 3 atom stereocenters. The quantitative estimate of drug-likeness (QED) is 0.232. The number of carboxylic acids is 1. The van der Waals surface area contributed by atoms with Crippen molar-refractivity contribution in [1.82, 2.24) is 10.2 Å². The molecule has 0 spiro atoms. The number of fused-ring (bicyclic) bond motifs is 1. The van der Waals surface area contributed by atoms with Crippen LogP contribution < -0.4 is 40.0 Å². The van der Waals surface area contributed by atoms with Crippen molar-refractivity contribution in [3.05, 3.63) is 10.1 Å². The Labute approximate surface area is 159 Å². The predicted molar refractivity (Wildman–Crippen MR) is 74.1 cm³/mol. The van der Waals surface area contributed by atoms with E-state index >= 15 is 0 Å². The standard InChI is InChI=1S/C12H17N3O6S.Na/c1-11(2,15(20)21)10(19)13-5-7(16)14-6(9(17)18)12(3,4)22-8(5)14;/h5-6,8H,1-4H3,(H,13,19)(H,17,18);/q;+1/p-1/t5-,6+,8-;/m1./s1. The van der Waals surface area contributed by atoms with E-state index in [0.29, 0.717) is 0 Å². The summed E-state index contributed by atoms with van der Waals surface area (Å²) in [6.07, 6.45) is 0. The molecule has 0 aromatic heterocycles. The van der Waals surface area contributed by atoms with E-state index in [9.17, 15) is 29.6 Å². The van der Waals surface area contributed by atoms with Crippen LogP contribution in [0.4, 0.5) is 0 Å². The molecule has 2 rings (SSSR count). The summed E-state index contributed by atoms with van der Waals surface area (Å²) in [6.45, 7) is 5.62. The molecule has 2 fully saturated rings. The van der Waals surface area contributed by atoms with Crippen molar-refractivity contribution >= 4 is 29.5 Å². The van der Waals surface area contributed by atoms with Crippen LogP contribution >= 0.6 is 11.8 Å². The number of nitrogens with one attached hydrogen (secondary N) is 1. The van der Waals surface area contributed by atoms with Crippen LogP contribution in [0.25, 0.3) is 0 Å². The van der Waals surface area contributed by atoms with Gasteiger partial charge in [-0.1, -0.05) is 0 Å². The molecule has 0 saturated carbocycles. The molecule has 2 aliphatic heterocycles. The van der Waals surface area contributed by atoms with Crippen LogP contribution in [-0.4, -0.2) is 55.4 Å². The number of carboxylic acid groups (broad SMARTS) is 1. The van der Waals surface area contributed by atoms with Crippen LogP contribution in [0.2, 0.25) is 0 Å². The molecule has 0 aromatic rings. The molecule has 2 aliphatic rings. The molecule has 9 nitrogen and oxygen atoms in total. The Balaban J connectivity index is 0.00000264. The minimum Gasteiger partial charge on any atom is -0.548 e. The summed E-state index contributed by atoms with van der Waals surface area (Å²) in [4.78, 5) is 46.6. The molecular weight excluding hydrogens is 337 g/mol. The van der Waals surface area contributed by atoms with Gasteiger partial charge < -0.3 is 20.1 Å². The number of amides is 2. The fraction of sp³-hybridized carbons (Fsp3) is 0.750. The van der Waals surface area contributed by atoms with E-state index in [4.69, 9.17) is 0 Å². The minimum atomic E-state index is -1.87. The van der Waals surface area contributed by atoms with E-state index in [2.05, 4.69) is 5.32 Å². The normalized spacial score (nSPS) is 28.3. The maximum Gasteiger partial charge on any atom is 1.00 e. The van der Waals surface area contributed by atoms with Crippen molar-refractivity contribution in [2.45, 2.75) is 55.4 Å². The van der Waals surface area contributed by atoms with E-state index in [-0.39, 0.29) is 29.6 Å². The Morgan fingerprint density at radius 2 is 1.91 bits per heavy atom. The van der Waals surface area contributed by atoms with Crippen LogP contribution in [0.15, 0.2) is 0 Å². The smallest absolute Gasteiger partial charge is 0.548 e. The van der Waals surface area contributed by atoms with E-state index in [1.165, 1.54) is 11.8 Å². The molecule has 2 heterocycles. The zero-order valence-corrected chi connectivity index (χ0v) is 16.3. The summed E-state index contributed by atoms with van der Waals surface area (Å²) in [5.41, 5.74) is -1.87. The number of thioether (sulfide) groups is 1. The van der Waals surface area contributed by atoms with Gasteiger partial charge in [0.25, 0.3) is 11.4 Å². The first-order valence-electron chi connectivity index (χ1n) is 6.57. The Bertz CT molecular complexity index is 581. The molecule has 11 heteroatoms. The van der Waals surface area contributed by atoms with E-state index in [0.717, 1.165) is 18.7 Å². The number of β-lactam (4-membered cyclic amide) rings is 1. The average molecular weight is 353 g/mol. The molecule has 2 amide bonds. The van der Waals surface area contributed by atoms with Gasteiger partial charge in [-0.05, 0) is 13.8 Å². The van der Waals surface area contributed by atoms with Crippen molar-refractivity contribution in [3.63, 3.8) is 0 Å². The third-order valence-electron chi connectivity index (χ3n) is 3.96.